The molecular weight excluding hydrogens is 396 g/mol. The third-order valence-electron chi connectivity index (χ3n) is 2.91. The van der Waals surface area contributed by atoms with Crippen molar-refractivity contribution < 1.29 is 4.39 Å². The number of aromatic nitrogens is 3. The molecule has 0 unspecified atom stereocenters. The van der Waals surface area contributed by atoms with Crippen molar-refractivity contribution in [2.24, 2.45) is 0 Å². The van der Waals surface area contributed by atoms with Gasteiger partial charge in [-0.05, 0) is 52.9 Å². The predicted octanol–water partition coefficient (Wildman–Crippen LogP) is 3.61. The number of nitrogens with zero attached hydrogens (tertiary/aromatic N) is 3. The Labute approximate surface area is 140 Å². The van der Waals surface area contributed by atoms with Crippen LogP contribution < -0.4 is 11.1 Å². The molecule has 0 fully saturated rings. The van der Waals surface area contributed by atoms with E-state index in [0.717, 1.165) is 5.56 Å². The molecule has 0 bridgehead atoms. The molecule has 0 atom stereocenters. The number of rotatable bonds is 3. The molecule has 0 radical (unpaired) electrons. The minimum atomic E-state index is -0.290. The smallest absolute Gasteiger partial charge is 0.222 e. The number of nitrogens with two attached hydrogens (primary N) is 1. The van der Waals surface area contributed by atoms with Crippen LogP contribution in [0.25, 0.3) is 11.3 Å². The first-order valence-corrected chi connectivity index (χ1v) is 7.47. The second kappa shape index (κ2) is 6.22. The maximum Gasteiger partial charge on any atom is 0.222 e. The lowest BCUT2D eigenvalue weighted by atomic mass is 10.2. The maximum atomic E-state index is 13.6. The Morgan fingerprint density at radius 2 is 1.82 bits per heavy atom. The lowest BCUT2D eigenvalue weighted by Gasteiger charge is -2.09. The number of hydrogen-bond acceptors (Lipinski definition) is 5. The zero-order valence-corrected chi connectivity index (χ0v) is 13.5. The Morgan fingerprint density at radius 1 is 1.05 bits per heavy atom. The number of nitrogen functional groups attached to an aromatic ring is 1. The van der Waals surface area contributed by atoms with Crippen molar-refractivity contribution in [1.82, 2.24) is 15.0 Å². The first kappa shape index (κ1) is 14.6. The molecule has 22 heavy (non-hydrogen) atoms. The molecule has 5 nitrogen and oxygen atoms in total. The van der Waals surface area contributed by atoms with Crippen LogP contribution in [0.1, 0.15) is 0 Å². The highest BCUT2D eigenvalue weighted by Crippen LogP contribution is 2.23. The Morgan fingerprint density at radius 3 is 2.55 bits per heavy atom. The minimum Gasteiger partial charge on any atom is -0.368 e. The second-order valence-corrected chi connectivity index (χ2v) is 5.65. The summed E-state index contributed by atoms with van der Waals surface area (Å²) in [5, 5.41) is 3.03. The van der Waals surface area contributed by atoms with Crippen molar-refractivity contribution >= 4 is 40.0 Å². The van der Waals surface area contributed by atoms with Crippen LogP contribution in [0.5, 0.6) is 0 Å². The maximum absolute atomic E-state index is 13.6. The minimum absolute atomic E-state index is 0.141. The third-order valence-corrected chi connectivity index (χ3v) is 3.79. The number of nitrogens with one attached hydrogen (secondary N) is 1. The van der Waals surface area contributed by atoms with E-state index in [1.54, 1.807) is 30.6 Å². The number of pyridine rings is 1. The number of anilines is 3. The van der Waals surface area contributed by atoms with Crippen molar-refractivity contribution in [3.8, 4) is 11.3 Å². The Hall–Kier alpha value is -2.29. The topological polar surface area (TPSA) is 76.7 Å². The van der Waals surface area contributed by atoms with E-state index in [2.05, 4.69) is 20.3 Å². The fourth-order valence-corrected chi connectivity index (χ4v) is 2.26. The van der Waals surface area contributed by atoms with Gasteiger partial charge in [0.2, 0.25) is 5.95 Å². The summed E-state index contributed by atoms with van der Waals surface area (Å²) >= 11 is 1.94. The molecule has 0 saturated heterocycles. The quantitative estimate of drug-likeness (QED) is 0.649. The normalized spacial score (nSPS) is 10.5. The van der Waals surface area contributed by atoms with Crippen LogP contribution in [0, 0.1) is 9.39 Å². The van der Waals surface area contributed by atoms with E-state index < -0.39 is 0 Å². The van der Waals surface area contributed by atoms with Gasteiger partial charge in [0.1, 0.15) is 11.6 Å². The van der Waals surface area contributed by atoms with E-state index in [1.165, 1.54) is 6.07 Å². The van der Waals surface area contributed by atoms with E-state index in [1.807, 2.05) is 34.7 Å². The van der Waals surface area contributed by atoms with Crippen LogP contribution in [0.15, 0.2) is 48.8 Å². The average molecular weight is 407 g/mol. The van der Waals surface area contributed by atoms with Crippen molar-refractivity contribution in [3.63, 3.8) is 0 Å². The number of hydrogen-bond donors (Lipinski definition) is 2. The van der Waals surface area contributed by atoms with E-state index in [0.29, 0.717) is 20.8 Å². The van der Waals surface area contributed by atoms with Gasteiger partial charge in [-0.1, -0.05) is 0 Å². The Balaban J connectivity index is 1.94. The molecule has 3 rings (SSSR count). The van der Waals surface area contributed by atoms with Gasteiger partial charge in [-0.3, -0.25) is 4.98 Å². The van der Waals surface area contributed by atoms with E-state index in [9.17, 15) is 4.39 Å². The molecule has 0 aliphatic heterocycles. The van der Waals surface area contributed by atoms with Crippen LogP contribution in [-0.2, 0) is 0 Å². The van der Waals surface area contributed by atoms with Crippen LogP contribution >= 0.6 is 22.6 Å². The summed E-state index contributed by atoms with van der Waals surface area (Å²) in [5.74, 6) is 0.352. The van der Waals surface area contributed by atoms with E-state index >= 15 is 0 Å². The SMILES string of the molecule is Nc1nc(Nc2ccc(I)c(F)c2)cc(-c2ccncc2)n1. The van der Waals surface area contributed by atoms with Crippen molar-refractivity contribution in [3.05, 3.63) is 58.2 Å². The summed E-state index contributed by atoms with van der Waals surface area (Å²) in [5.41, 5.74) is 7.89. The molecule has 0 spiro atoms. The molecule has 110 valence electrons. The molecular formula is C15H11FIN5. The highest BCUT2D eigenvalue weighted by Gasteiger charge is 2.06. The number of halogens is 2. The summed E-state index contributed by atoms with van der Waals surface area (Å²) in [7, 11) is 0. The van der Waals surface area contributed by atoms with Crippen LogP contribution in [-0.4, -0.2) is 15.0 Å². The lowest BCUT2D eigenvalue weighted by molar-refractivity contribution is 0.621. The highest BCUT2D eigenvalue weighted by atomic mass is 127. The summed E-state index contributed by atoms with van der Waals surface area (Å²) in [6.07, 6.45) is 3.35. The molecule has 3 N–H and O–H groups in total. The highest BCUT2D eigenvalue weighted by molar-refractivity contribution is 14.1. The fourth-order valence-electron chi connectivity index (χ4n) is 1.92. The standard InChI is InChI=1S/C15H11FIN5/c16-11-7-10(1-2-12(11)17)20-14-8-13(21-15(18)22-14)9-3-5-19-6-4-9/h1-8H,(H3,18,20,21,22). The van der Waals surface area contributed by atoms with Crippen LogP contribution in [0.2, 0.25) is 0 Å². The van der Waals surface area contributed by atoms with Crippen molar-refractivity contribution in [2.75, 3.05) is 11.1 Å². The average Bonchev–Trinajstić information content (AvgIpc) is 2.51. The summed E-state index contributed by atoms with van der Waals surface area (Å²) in [6, 6.07) is 10.3. The van der Waals surface area contributed by atoms with Gasteiger partial charge in [0.05, 0.1) is 5.69 Å². The molecule has 3 aromatic rings. The van der Waals surface area contributed by atoms with Crippen molar-refractivity contribution in [2.45, 2.75) is 0 Å². The van der Waals surface area contributed by atoms with Crippen LogP contribution in [0.3, 0.4) is 0 Å². The van der Waals surface area contributed by atoms with E-state index in [-0.39, 0.29) is 11.8 Å². The summed E-state index contributed by atoms with van der Waals surface area (Å²) in [4.78, 5) is 12.3. The zero-order valence-electron chi connectivity index (χ0n) is 11.3. The number of benzene rings is 1. The fraction of sp³-hybridized carbons (Fsp3) is 0. The Kier molecular flexibility index (Phi) is 4.14. The molecule has 0 amide bonds. The van der Waals surface area contributed by atoms with Crippen LogP contribution in [0.4, 0.5) is 21.8 Å². The van der Waals surface area contributed by atoms with E-state index in [4.69, 9.17) is 5.73 Å². The summed E-state index contributed by atoms with van der Waals surface area (Å²) in [6.45, 7) is 0. The molecule has 2 aromatic heterocycles. The van der Waals surface area contributed by atoms with Gasteiger partial charge in [-0.15, -0.1) is 0 Å². The van der Waals surface area contributed by atoms with Gasteiger partial charge in [-0.25, -0.2) is 9.37 Å². The Bertz CT molecular complexity index is 810. The zero-order chi connectivity index (χ0) is 15.5. The third kappa shape index (κ3) is 3.30. The summed E-state index contributed by atoms with van der Waals surface area (Å²) < 4.78 is 14.2. The van der Waals surface area contributed by atoms with Gasteiger partial charge in [0, 0.05) is 33.3 Å². The largest absolute Gasteiger partial charge is 0.368 e. The lowest BCUT2D eigenvalue weighted by Crippen LogP contribution is -2.02. The van der Waals surface area contributed by atoms with Gasteiger partial charge in [0.25, 0.3) is 0 Å². The second-order valence-electron chi connectivity index (χ2n) is 4.49. The molecule has 2 heterocycles. The monoisotopic (exact) mass is 407 g/mol. The molecule has 7 heteroatoms. The molecule has 0 saturated carbocycles. The van der Waals surface area contributed by atoms with Gasteiger partial charge < -0.3 is 11.1 Å². The molecule has 0 aliphatic carbocycles. The van der Waals surface area contributed by atoms with Gasteiger partial charge >= 0.3 is 0 Å². The predicted molar refractivity (Wildman–Crippen MR) is 92.1 cm³/mol. The molecule has 0 aliphatic rings. The first-order valence-electron chi connectivity index (χ1n) is 6.39. The van der Waals surface area contributed by atoms with Gasteiger partial charge in [0.15, 0.2) is 0 Å². The first-order chi connectivity index (χ1) is 10.6. The molecule has 1 aromatic carbocycles. The van der Waals surface area contributed by atoms with Crippen molar-refractivity contribution in [1.29, 1.82) is 0 Å². The van der Waals surface area contributed by atoms with Gasteiger partial charge in [-0.2, -0.15) is 4.98 Å².